The molecule has 0 saturated heterocycles. The number of benzene rings is 3. The number of carbonyl (C=O) groups excluding carboxylic acids is 1. The highest BCUT2D eigenvalue weighted by molar-refractivity contribution is 6.31. The number of hydrogen-bond acceptors (Lipinski definition) is 2. The molecular formula is C24H19Cl2NO2. The summed E-state index contributed by atoms with van der Waals surface area (Å²) in [4.78, 5) is 14.7. The van der Waals surface area contributed by atoms with E-state index in [-0.39, 0.29) is 5.76 Å². The average molecular weight is 424 g/mol. The van der Waals surface area contributed by atoms with Crippen molar-refractivity contribution in [1.29, 1.82) is 0 Å². The zero-order valence-electron chi connectivity index (χ0n) is 15.8. The molecule has 0 aliphatic carbocycles. The third-order valence-corrected chi connectivity index (χ3v) is 5.73. The van der Waals surface area contributed by atoms with Crippen molar-refractivity contribution in [2.24, 2.45) is 0 Å². The molecule has 1 N–H and O–H groups in total. The Morgan fingerprint density at radius 2 is 1.59 bits per heavy atom. The van der Waals surface area contributed by atoms with Crippen LogP contribution in [-0.4, -0.2) is 15.9 Å². The highest BCUT2D eigenvalue weighted by Crippen LogP contribution is 2.45. The van der Waals surface area contributed by atoms with E-state index >= 15 is 0 Å². The smallest absolute Gasteiger partial charge is 0.290 e. The largest absolute Gasteiger partial charge is 0.503 e. The van der Waals surface area contributed by atoms with Gasteiger partial charge < -0.3 is 10.0 Å². The van der Waals surface area contributed by atoms with Crippen LogP contribution in [0.2, 0.25) is 10.0 Å². The standard InChI is InChI=1S/C24H19Cl2NO2/c1-15-6-10-17(11-7-15)21-22(19-4-2-3-5-20(19)26)27(24(29)23(21)28)14-16-8-12-18(25)13-9-16/h2-13,22,28H,14H2,1H3/t22-/m1/s1. The fraction of sp³-hybridized carbons (Fsp3) is 0.125. The van der Waals surface area contributed by atoms with Gasteiger partial charge in [0.2, 0.25) is 0 Å². The molecule has 5 heteroatoms. The van der Waals surface area contributed by atoms with Crippen molar-refractivity contribution in [3.63, 3.8) is 0 Å². The number of nitrogens with zero attached hydrogens (tertiary/aromatic N) is 1. The van der Waals surface area contributed by atoms with Crippen LogP contribution in [-0.2, 0) is 11.3 Å². The number of aliphatic hydroxyl groups excluding tert-OH is 1. The summed E-state index contributed by atoms with van der Waals surface area (Å²) in [5.74, 6) is -0.659. The fourth-order valence-electron chi connectivity index (χ4n) is 3.65. The summed E-state index contributed by atoms with van der Waals surface area (Å²) >= 11 is 12.5. The van der Waals surface area contributed by atoms with Crippen LogP contribution in [0.4, 0.5) is 0 Å². The Balaban J connectivity index is 1.83. The zero-order valence-corrected chi connectivity index (χ0v) is 17.3. The molecule has 0 radical (unpaired) electrons. The molecule has 0 unspecified atom stereocenters. The number of halogens is 2. The van der Waals surface area contributed by atoms with Crippen molar-refractivity contribution < 1.29 is 9.90 Å². The number of hydrogen-bond donors (Lipinski definition) is 1. The van der Waals surface area contributed by atoms with Gasteiger partial charge in [-0.05, 0) is 41.8 Å². The van der Waals surface area contributed by atoms with Gasteiger partial charge in [-0.25, -0.2) is 0 Å². The summed E-state index contributed by atoms with van der Waals surface area (Å²) in [6.07, 6.45) is 0. The van der Waals surface area contributed by atoms with Gasteiger partial charge in [-0.3, -0.25) is 4.79 Å². The Kier molecular flexibility index (Phi) is 5.35. The second kappa shape index (κ2) is 7.94. The van der Waals surface area contributed by atoms with Crippen LogP contribution in [0.15, 0.2) is 78.6 Å². The fourth-order valence-corrected chi connectivity index (χ4v) is 4.02. The molecule has 3 aromatic rings. The molecule has 0 aromatic heterocycles. The summed E-state index contributed by atoms with van der Waals surface area (Å²) in [6.45, 7) is 2.32. The average Bonchev–Trinajstić information content (AvgIpc) is 2.95. The maximum absolute atomic E-state index is 13.1. The summed E-state index contributed by atoms with van der Waals surface area (Å²) in [7, 11) is 0. The lowest BCUT2D eigenvalue weighted by Gasteiger charge is -2.28. The predicted octanol–water partition coefficient (Wildman–Crippen LogP) is 6.35. The zero-order chi connectivity index (χ0) is 20.5. The van der Waals surface area contributed by atoms with Gasteiger partial charge in [0.15, 0.2) is 5.76 Å². The number of aryl methyl sites for hydroxylation is 1. The molecule has 1 aliphatic rings. The van der Waals surface area contributed by atoms with E-state index in [4.69, 9.17) is 23.2 Å². The van der Waals surface area contributed by atoms with Gasteiger partial charge in [0.25, 0.3) is 5.91 Å². The topological polar surface area (TPSA) is 40.5 Å². The molecule has 1 heterocycles. The first kappa shape index (κ1) is 19.6. The Hall–Kier alpha value is -2.75. The molecule has 29 heavy (non-hydrogen) atoms. The summed E-state index contributed by atoms with van der Waals surface area (Å²) in [6, 6.07) is 22.0. The molecule has 1 aliphatic heterocycles. The van der Waals surface area contributed by atoms with Crippen molar-refractivity contribution in [3.05, 3.63) is 111 Å². The van der Waals surface area contributed by atoms with Gasteiger partial charge >= 0.3 is 0 Å². The summed E-state index contributed by atoms with van der Waals surface area (Å²) in [5.41, 5.74) is 4.15. The van der Waals surface area contributed by atoms with Crippen molar-refractivity contribution in [2.75, 3.05) is 0 Å². The van der Waals surface area contributed by atoms with E-state index in [1.165, 1.54) is 0 Å². The Labute approximate surface area is 179 Å². The van der Waals surface area contributed by atoms with Crippen LogP contribution in [0.25, 0.3) is 5.57 Å². The highest BCUT2D eigenvalue weighted by atomic mass is 35.5. The van der Waals surface area contributed by atoms with E-state index in [0.29, 0.717) is 22.2 Å². The van der Waals surface area contributed by atoms with Gasteiger partial charge in [0, 0.05) is 22.2 Å². The van der Waals surface area contributed by atoms with E-state index < -0.39 is 11.9 Å². The lowest BCUT2D eigenvalue weighted by molar-refractivity contribution is -0.130. The summed E-state index contributed by atoms with van der Waals surface area (Å²) in [5, 5.41) is 12.0. The Bertz CT molecular complexity index is 1090. The second-order valence-corrected chi connectivity index (χ2v) is 7.96. The number of carbonyl (C=O) groups is 1. The summed E-state index contributed by atoms with van der Waals surface area (Å²) < 4.78 is 0. The van der Waals surface area contributed by atoms with Crippen LogP contribution in [0.5, 0.6) is 0 Å². The van der Waals surface area contributed by atoms with E-state index in [0.717, 1.165) is 22.3 Å². The highest BCUT2D eigenvalue weighted by Gasteiger charge is 2.41. The predicted molar refractivity (Wildman–Crippen MR) is 117 cm³/mol. The molecule has 1 atom stereocenters. The van der Waals surface area contributed by atoms with Gasteiger partial charge in [0.05, 0.1) is 6.04 Å². The Morgan fingerprint density at radius 3 is 2.24 bits per heavy atom. The normalized spacial score (nSPS) is 16.6. The first-order chi connectivity index (χ1) is 14.0. The number of rotatable bonds is 4. The lowest BCUT2D eigenvalue weighted by atomic mass is 9.93. The first-order valence-corrected chi connectivity index (χ1v) is 10.0. The molecule has 3 aromatic carbocycles. The lowest BCUT2D eigenvalue weighted by Crippen LogP contribution is -2.30. The van der Waals surface area contributed by atoms with Crippen molar-refractivity contribution in [3.8, 4) is 0 Å². The minimum atomic E-state index is -0.491. The van der Waals surface area contributed by atoms with Gasteiger partial charge in [-0.2, -0.15) is 0 Å². The first-order valence-electron chi connectivity index (χ1n) is 9.25. The van der Waals surface area contributed by atoms with Crippen LogP contribution in [0.1, 0.15) is 28.3 Å². The molecule has 0 bridgehead atoms. The van der Waals surface area contributed by atoms with Crippen LogP contribution >= 0.6 is 23.2 Å². The maximum Gasteiger partial charge on any atom is 0.290 e. The maximum atomic E-state index is 13.1. The van der Waals surface area contributed by atoms with Gasteiger partial charge in [-0.1, -0.05) is 83.4 Å². The number of amides is 1. The molecule has 146 valence electrons. The van der Waals surface area contributed by atoms with Crippen molar-refractivity contribution in [2.45, 2.75) is 19.5 Å². The molecule has 3 nitrogen and oxygen atoms in total. The molecule has 4 rings (SSSR count). The SMILES string of the molecule is Cc1ccc(C2=C(O)C(=O)N(Cc3ccc(Cl)cc3)[C@@H]2c2ccccc2Cl)cc1. The minimum Gasteiger partial charge on any atom is -0.503 e. The van der Waals surface area contributed by atoms with E-state index in [1.807, 2.05) is 61.5 Å². The van der Waals surface area contributed by atoms with Gasteiger partial charge in [0.1, 0.15) is 0 Å². The van der Waals surface area contributed by atoms with Crippen molar-refractivity contribution in [1.82, 2.24) is 4.90 Å². The number of aliphatic hydroxyl groups is 1. The monoisotopic (exact) mass is 423 g/mol. The third kappa shape index (κ3) is 3.76. The molecule has 0 spiro atoms. The van der Waals surface area contributed by atoms with E-state index in [1.54, 1.807) is 23.1 Å². The van der Waals surface area contributed by atoms with Crippen LogP contribution < -0.4 is 0 Å². The van der Waals surface area contributed by atoms with E-state index in [9.17, 15) is 9.90 Å². The Morgan fingerprint density at radius 1 is 0.931 bits per heavy atom. The van der Waals surface area contributed by atoms with Crippen LogP contribution in [0, 0.1) is 6.92 Å². The molecule has 0 saturated carbocycles. The second-order valence-electron chi connectivity index (χ2n) is 7.11. The quantitative estimate of drug-likeness (QED) is 0.530. The van der Waals surface area contributed by atoms with Crippen LogP contribution in [0.3, 0.4) is 0 Å². The third-order valence-electron chi connectivity index (χ3n) is 5.13. The molecule has 1 amide bonds. The van der Waals surface area contributed by atoms with Crippen molar-refractivity contribution >= 4 is 34.7 Å². The molecule has 0 fully saturated rings. The minimum absolute atomic E-state index is 0.243. The van der Waals surface area contributed by atoms with Gasteiger partial charge in [-0.15, -0.1) is 0 Å². The molecular weight excluding hydrogens is 405 g/mol. The van der Waals surface area contributed by atoms with E-state index in [2.05, 4.69) is 0 Å².